The maximum Gasteiger partial charge on any atom is 0.0947 e. The summed E-state index contributed by atoms with van der Waals surface area (Å²) in [6.45, 7) is 8.15. The average molecular weight is 200 g/mol. The van der Waals surface area contributed by atoms with Gasteiger partial charge in [0.2, 0.25) is 0 Å². The van der Waals surface area contributed by atoms with E-state index in [0.29, 0.717) is 0 Å². The lowest BCUT2D eigenvalue weighted by atomic mass is 10.1. The number of nitrogens with two attached hydrogens (primary N) is 1. The van der Waals surface area contributed by atoms with Crippen LogP contribution in [0.15, 0.2) is 0 Å². The molecule has 0 saturated carbocycles. The molecule has 0 rings (SSSR count). The van der Waals surface area contributed by atoms with Crippen LogP contribution in [0.5, 0.6) is 0 Å². The normalized spacial score (nSPS) is 13.6. The van der Waals surface area contributed by atoms with E-state index in [2.05, 4.69) is 30.8 Å². The van der Waals surface area contributed by atoms with Crippen molar-refractivity contribution in [1.82, 2.24) is 9.80 Å². The molecule has 0 bridgehead atoms. The Bertz CT molecular complexity index is 168. The van der Waals surface area contributed by atoms with Gasteiger partial charge in [-0.3, -0.25) is 5.41 Å². The molecule has 0 heterocycles. The van der Waals surface area contributed by atoms with Crippen LogP contribution in [0.2, 0.25) is 0 Å². The first kappa shape index (κ1) is 13.4. The predicted molar refractivity (Wildman–Crippen MR) is 61.7 cm³/mol. The molecule has 0 aromatic heterocycles. The van der Waals surface area contributed by atoms with Gasteiger partial charge in [-0.2, -0.15) is 0 Å². The topological polar surface area (TPSA) is 56.4 Å². The maximum absolute atomic E-state index is 7.33. The molecular weight excluding hydrogens is 176 g/mol. The molecule has 0 aliphatic heterocycles. The Morgan fingerprint density at radius 2 is 1.93 bits per heavy atom. The van der Waals surface area contributed by atoms with E-state index in [0.717, 1.165) is 26.2 Å². The minimum atomic E-state index is 0.164. The van der Waals surface area contributed by atoms with E-state index in [1.54, 1.807) is 0 Å². The van der Waals surface area contributed by atoms with Crippen LogP contribution in [0.4, 0.5) is 0 Å². The smallest absolute Gasteiger partial charge is 0.0947 e. The third-order valence-electron chi connectivity index (χ3n) is 2.37. The first-order chi connectivity index (χ1) is 6.47. The first-order valence-electron chi connectivity index (χ1n) is 5.18. The maximum atomic E-state index is 7.33. The Kier molecular flexibility index (Phi) is 6.49. The van der Waals surface area contributed by atoms with Gasteiger partial charge in [0.25, 0.3) is 0 Å². The SMILES string of the molecule is CCN(CCN(C)C)CC(C)C(=N)N. The van der Waals surface area contributed by atoms with E-state index < -0.39 is 0 Å². The standard InChI is InChI=1S/C10H24N4/c1-5-14(7-6-13(3)4)8-9(2)10(11)12/h9H,5-8H2,1-4H3,(H3,11,12). The van der Waals surface area contributed by atoms with E-state index >= 15 is 0 Å². The van der Waals surface area contributed by atoms with Gasteiger partial charge in [0, 0.05) is 25.6 Å². The van der Waals surface area contributed by atoms with Crippen molar-refractivity contribution in [3.63, 3.8) is 0 Å². The molecule has 0 fully saturated rings. The number of rotatable bonds is 7. The molecule has 0 aliphatic carbocycles. The number of hydrogen-bond acceptors (Lipinski definition) is 3. The van der Waals surface area contributed by atoms with Crippen molar-refractivity contribution in [2.75, 3.05) is 40.3 Å². The van der Waals surface area contributed by atoms with Crippen LogP contribution in [-0.2, 0) is 0 Å². The highest BCUT2D eigenvalue weighted by Gasteiger charge is 2.10. The lowest BCUT2D eigenvalue weighted by Crippen LogP contribution is -2.38. The molecule has 0 aliphatic rings. The molecule has 1 unspecified atom stereocenters. The second kappa shape index (κ2) is 6.79. The van der Waals surface area contributed by atoms with Crippen LogP contribution >= 0.6 is 0 Å². The van der Waals surface area contributed by atoms with Gasteiger partial charge in [0.15, 0.2) is 0 Å². The van der Waals surface area contributed by atoms with Crippen molar-refractivity contribution in [3.8, 4) is 0 Å². The molecule has 84 valence electrons. The minimum absolute atomic E-state index is 0.164. The van der Waals surface area contributed by atoms with E-state index in [1.807, 2.05) is 6.92 Å². The van der Waals surface area contributed by atoms with E-state index in [-0.39, 0.29) is 11.8 Å². The third-order valence-corrected chi connectivity index (χ3v) is 2.37. The predicted octanol–water partition coefficient (Wildman–Crippen LogP) is 0.442. The summed E-state index contributed by atoms with van der Waals surface area (Å²) in [7, 11) is 4.14. The van der Waals surface area contributed by atoms with Gasteiger partial charge in [-0.05, 0) is 20.6 Å². The van der Waals surface area contributed by atoms with Crippen LogP contribution < -0.4 is 5.73 Å². The fraction of sp³-hybridized carbons (Fsp3) is 0.900. The summed E-state index contributed by atoms with van der Waals surface area (Å²) in [6, 6.07) is 0. The third kappa shape index (κ3) is 5.94. The molecule has 0 aromatic carbocycles. The minimum Gasteiger partial charge on any atom is -0.387 e. The van der Waals surface area contributed by atoms with Gasteiger partial charge in [0.05, 0.1) is 5.84 Å². The summed E-state index contributed by atoms with van der Waals surface area (Å²) in [5.74, 6) is 0.449. The highest BCUT2D eigenvalue weighted by Crippen LogP contribution is 1.99. The second-order valence-corrected chi connectivity index (χ2v) is 4.05. The Labute approximate surface area is 87.6 Å². The fourth-order valence-electron chi connectivity index (χ4n) is 1.21. The van der Waals surface area contributed by atoms with Crippen molar-refractivity contribution in [2.24, 2.45) is 11.7 Å². The van der Waals surface area contributed by atoms with Gasteiger partial charge in [-0.15, -0.1) is 0 Å². The average Bonchev–Trinajstić information content (AvgIpc) is 2.11. The monoisotopic (exact) mass is 200 g/mol. The molecule has 0 aromatic rings. The summed E-state index contributed by atoms with van der Waals surface area (Å²) in [4.78, 5) is 4.49. The molecular formula is C10H24N4. The molecule has 0 saturated heterocycles. The molecule has 0 spiro atoms. The zero-order valence-corrected chi connectivity index (χ0v) is 9.88. The van der Waals surface area contributed by atoms with Crippen LogP contribution in [-0.4, -0.2) is 55.9 Å². The van der Waals surface area contributed by atoms with Gasteiger partial charge in [-0.25, -0.2) is 0 Å². The Hall–Kier alpha value is -0.610. The van der Waals surface area contributed by atoms with E-state index in [4.69, 9.17) is 11.1 Å². The number of nitrogens with one attached hydrogen (secondary N) is 1. The molecule has 3 N–H and O–H groups in total. The molecule has 1 atom stereocenters. The number of amidine groups is 1. The van der Waals surface area contributed by atoms with Crippen LogP contribution in [0, 0.1) is 11.3 Å². The van der Waals surface area contributed by atoms with Gasteiger partial charge >= 0.3 is 0 Å². The zero-order chi connectivity index (χ0) is 11.1. The van der Waals surface area contributed by atoms with Crippen molar-refractivity contribution in [2.45, 2.75) is 13.8 Å². The molecule has 14 heavy (non-hydrogen) atoms. The van der Waals surface area contributed by atoms with Crippen molar-refractivity contribution in [3.05, 3.63) is 0 Å². The Balaban J connectivity index is 3.84. The summed E-state index contributed by atoms with van der Waals surface area (Å²) >= 11 is 0. The highest BCUT2D eigenvalue weighted by atomic mass is 15.2. The summed E-state index contributed by atoms with van der Waals surface area (Å²) < 4.78 is 0. The lowest BCUT2D eigenvalue weighted by Gasteiger charge is -2.25. The highest BCUT2D eigenvalue weighted by molar-refractivity contribution is 5.79. The van der Waals surface area contributed by atoms with E-state index in [1.165, 1.54) is 0 Å². The quantitative estimate of drug-likeness (QED) is 0.463. The van der Waals surface area contributed by atoms with Crippen LogP contribution in [0.25, 0.3) is 0 Å². The number of likely N-dealkylation sites (N-methyl/N-ethyl adjacent to an activating group) is 2. The van der Waals surface area contributed by atoms with Crippen molar-refractivity contribution < 1.29 is 0 Å². The summed E-state index contributed by atoms with van der Waals surface area (Å²) in [6.07, 6.45) is 0. The van der Waals surface area contributed by atoms with Gasteiger partial charge in [0.1, 0.15) is 0 Å². The van der Waals surface area contributed by atoms with Crippen LogP contribution in [0.3, 0.4) is 0 Å². The van der Waals surface area contributed by atoms with Gasteiger partial charge < -0.3 is 15.5 Å². The largest absolute Gasteiger partial charge is 0.387 e. The summed E-state index contributed by atoms with van der Waals surface area (Å²) in [5, 5.41) is 7.33. The first-order valence-corrected chi connectivity index (χ1v) is 5.18. The number of nitrogens with zero attached hydrogens (tertiary/aromatic N) is 2. The van der Waals surface area contributed by atoms with Crippen LogP contribution in [0.1, 0.15) is 13.8 Å². The lowest BCUT2D eigenvalue weighted by molar-refractivity contribution is 0.239. The zero-order valence-electron chi connectivity index (χ0n) is 9.88. The Morgan fingerprint density at radius 3 is 2.29 bits per heavy atom. The van der Waals surface area contributed by atoms with Crippen molar-refractivity contribution in [1.29, 1.82) is 5.41 Å². The molecule has 4 nitrogen and oxygen atoms in total. The molecule has 0 radical (unpaired) electrons. The Morgan fingerprint density at radius 1 is 1.36 bits per heavy atom. The van der Waals surface area contributed by atoms with Crippen molar-refractivity contribution >= 4 is 5.84 Å². The molecule has 0 amide bonds. The second-order valence-electron chi connectivity index (χ2n) is 4.05. The molecule has 4 heteroatoms. The van der Waals surface area contributed by atoms with Gasteiger partial charge in [-0.1, -0.05) is 13.8 Å². The van der Waals surface area contributed by atoms with E-state index in [9.17, 15) is 0 Å². The number of hydrogen-bond donors (Lipinski definition) is 2. The fourth-order valence-corrected chi connectivity index (χ4v) is 1.21. The summed E-state index contributed by atoms with van der Waals surface area (Å²) in [5.41, 5.74) is 5.44.